The first-order valence-electron chi connectivity index (χ1n) is 13.7. The zero-order valence-electron chi connectivity index (χ0n) is 24.4. The van der Waals surface area contributed by atoms with Crippen molar-refractivity contribution in [2.24, 2.45) is 15.9 Å². The zero-order chi connectivity index (χ0) is 34.0. The minimum absolute atomic E-state index is 0.0652. The van der Waals surface area contributed by atoms with E-state index >= 15 is 0 Å². The van der Waals surface area contributed by atoms with Gasteiger partial charge in [-0.25, -0.2) is 14.3 Å². The highest BCUT2D eigenvalue weighted by Gasteiger charge is 2.54. The van der Waals surface area contributed by atoms with Crippen LogP contribution in [0.4, 0.5) is 5.13 Å². The van der Waals surface area contributed by atoms with Crippen LogP contribution in [0.2, 0.25) is 0 Å². The van der Waals surface area contributed by atoms with Gasteiger partial charge < -0.3 is 36.8 Å². The Morgan fingerprint density at radius 1 is 1.28 bits per heavy atom. The van der Waals surface area contributed by atoms with Gasteiger partial charge in [-0.15, -0.1) is 11.3 Å². The summed E-state index contributed by atoms with van der Waals surface area (Å²) in [4.78, 5) is 51.8. The second kappa shape index (κ2) is 15.9. The van der Waals surface area contributed by atoms with Crippen molar-refractivity contribution in [3.8, 4) is 5.75 Å². The zero-order valence-corrected chi connectivity index (χ0v) is 26.1. The van der Waals surface area contributed by atoms with Gasteiger partial charge in [-0.05, 0) is 37.2 Å². The summed E-state index contributed by atoms with van der Waals surface area (Å²) >= 11 is 1.05. The Balaban J connectivity index is 0.00000160. The number of amides is 2. The number of anilines is 1. The van der Waals surface area contributed by atoms with Gasteiger partial charge >= 0.3 is 10.3 Å². The molecule has 20 nitrogen and oxygen atoms in total. The van der Waals surface area contributed by atoms with Gasteiger partial charge in [-0.1, -0.05) is 5.16 Å². The molecule has 0 aliphatic carbocycles. The Morgan fingerprint density at radius 2 is 2.02 bits per heavy atom. The number of hydrogen-bond acceptors (Lipinski definition) is 15. The Bertz CT molecular complexity index is 1690. The number of carboxylic acid groups (broad SMARTS) is 1. The second-order valence-electron chi connectivity index (χ2n) is 9.73. The van der Waals surface area contributed by atoms with E-state index in [1.54, 1.807) is 24.3 Å². The van der Waals surface area contributed by atoms with Crippen LogP contribution >= 0.6 is 11.3 Å². The number of oxime groups is 1. The number of thiazole rings is 1. The molecule has 2 aliphatic heterocycles. The molecule has 2 amide bonds. The van der Waals surface area contributed by atoms with Gasteiger partial charge in [0, 0.05) is 17.5 Å². The number of benzene rings is 1. The molecule has 2 aromatic heterocycles. The highest BCUT2D eigenvalue weighted by molar-refractivity contribution is 7.84. The Hall–Kier alpha value is -5.19. The quantitative estimate of drug-likeness (QED) is 0.0216. The molecular formula is C25H31N11O9S2. The predicted molar refractivity (Wildman–Crippen MR) is 166 cm³/mol. The summed E-state index contributed by atoms with van der Waals surface area (Å²) in [6, 6.07) is 4.72. The lowest BCUT2D eigenvalue weighted by Gasteiger charge is -2.43. The number of nitrogens with one attached hydrogen (secondary N) is 2. The molecule has 8 N–H and O–H groups in total. The summed E-state index contributed by atoms with van der Waals surface area (Å²) in [6.07, 6.45) is 3.44. The van der Waals surface area contributed by atoms with Crippen LogP contribution in [0.5, 0.6) is 5.75 Å². The number of hydrogen-bond donors (Lipinski definition) is 6. The van der Waals surface area contributed by atoms with Gasteiger partial charge in [-0.3, -0.25) is 28.6 Å². The molecule has 47 heavy (non-hydrogen) atoms. The molecule has 0 bridgehead atoms. The maximum atomic E-state index is 13.2. The van der Waals surface area contributed by atoms with Crippen molar-refractivity contribution in [1.29, 1.82) is 0 Å². The highest BCUT2D eigenvalue weighted by Crippen LogP contribution is 2.25. The van der Waals surface area contributed by atoms with E-state index in [9.17, 15) is 22.6 Å². The average Bonchev–Trinajstić information content (AvgIpc) is 3.82. The number of aromatic nitrogens is 4. The third kappa shape index (κ3) is 9.18. The van der Waals surface area contributed by atoms with Crippen LogP contribution in [0.25, 0.3) is 0 Å². The summed E-state index contributed by atoms with van der Waals surface area (Å²) < 4.78 is 40.3. The summed E-state index contributed by atoms with van der Waals surface area (Å²) in [5, 5.41) is 21.9. The van der Waals surface area contributed by atoms with Crippen molar-refractivity contribution in [3.05, 3.63) is 53.6 Å². The largest absolute Gasteiger partial charge is 0.490 e. The van der Waals surface area contributed by atoms with E-state index < -0.39 is 34.2 Å². The summed E-state index contributed by atoms with van der Waals surface area (Å²) in [5.41, 5.74) is 12.4. The Morgan fingerprint density at radius 3 is 2.62 bits per heavy atom. The second-order valence-corrected chi connectivity index (χ2v) is 11.9. The number of aliphatic imine (C=N–C) groups is 1. The smallest absolute Gasteiger partial charge is 0.362 e. The summed E-state index contributed by atoms with van der Waals surface area (Å²) in [7, 11) is -4.90. The summed E-state index contributed by atoms with van der Waals surface area (Å²) in [6.45, 7) is 1.30. The first-order chi connectivity index (χ1) is 22.5. The molecule has 0 spiro atoms. The van der Waals surface area contributed by atoms with Crippen LogP contribution in [-0.4, -0.2) is 116 Å². The van der Waals surface area contributed by atoms with Crippen LogP contribution in [-0.2, 0) is 36.1 Å². The fourth-order valence-electron chi connectivity index (χ4n) is 4.52. The molecule has 0 radical (unpaired) electrons. The number of amidine groups is 1. The van der Waals surface area contributed by atoms with E-state index in [4.69, 9.17) is 30.9 Å². The minimum Gasteiger partial charge on any atom is -0.490 e. The number of ether oxygens (including phenoxy) is 1. The maximum Gasteiger partial charge on any atom is 0.362 e. The van der Waals surface area contributed by atoms with Gasteiger partial charge in [0.2, 0.25) is 0 Å². The normalized spacial score (nSPS) is 19.7. The summed E-state index contributed by atoms with van der Waals surface area (Å²) in [5.74, 6) is -0.939. The molecule has 3 aromatic rings. The third-order valence-electron chi connectivity index (χ3n) is 6.63. The van der Waals surface area contributed by atoms with Crippen molar-refractivity contribution in [2.45, 2.75) is 31.1 Å². The lowest BCUT2D eigenvalue weighted by atomic mass is 9.98. The topological polar surface area (TPSA) is 292 Å². The van der Waals surface area contributed by atoms with Crippen LogP contribution in [0, 0.1) is 0 Å². The van der Waals surface area contributed by atoms with Crippen molar-refractivity contribution < 1.29 is 42.0 Å². The van der Waals surface area contributed by atoms with Gasteiger partial charge in [0.05, 0.1) is 18.6 Å². The monoisotopic (exact) mass is 693 g/mol. The van der Waals surface area contributed by atoms with Gasteiger partial charge in [0.15, 0.2) is 17.5 Å². The molecule has 4 heterocycles. The third-order valence-corrected chi connectivity index (χ3v) is 8.25. The van der Waals surface area contributed by atoms with Crippen molar-refractivity contribution in [3.63, 3.8) is 0 Å². The number of carbonyl (C=O) groups excluding carboxylic acids is 2. The molecule has 22 heteroatoms. The number of nitrogens with zero attached hydrogens (tertiary/aromatic N) is 7. The van der Waals surface area contributed by atoms with E-state index in [-0.39, 0.29) is 53.1 Å². The molecule has 3 atom stereocenters. The number of carbonyl (C=O) groups is 3. The molecule has 2 aliphatic rings. The van der Waals surface area contributed by atoms with E-state index in [2.05, 4.69) is 35.8 Å². The SMILES string of the molecule is NC(=NC1CCNC1)c1ccc(OCCO/N=C(\C(=O)NC2C(=O)N(S(=O)(=O)O)C2Cn2cncn2)c2csc(N)n2)cc1.O=CO. The van der Waals surface area contributed by atoms with Gasteiger partial charge in [-0.2, -0.15) is 13.5 Å². The number of rotatable bonds is 13. The van der Waals surface area contributed by atoms with E-state index in [1.165, 1.54) is 22.7 Å². The molecule has 5 rings (SSSR count). The molecule has 252 valence electrons. The first kappa shape index (κ1) is 34.7. The Labute approximate surface area is 271 Å². The highest BCUT2D eigenvalue weighted by atomic mass is 32.2. The van der Waals surface area contributed by atoms with E-state index in [1.807, 2.05) is 0 Å². The molecule has 0 saturated carbocycles. The number of nitrogens with two attached hydrogens (primary N) is 2. The van der Waals surface area contributed by atoms with Crippen molar-refractivity contribution in [2.75, 3.05) is 32.0 Å². The number of β-lactam (4-membered cyclic amide) rings is 1. The van der Waals surface area contributed by atoms with Crippen LogP contribution in [0.3, 0.4) is 0 Å². The molecule has 2 fully saturated rings. The van der Waals surface area contributed by atoms with Gasteiger partial charge in [0.1, 0.15) is 42.6 Å². The lowest BCUT2D eigenvalue weighted by Crippen LogP contribution is -2.73. The van der Waals surface area contributed by atoms with Gasteiger partial charge in [0.25, 0.3) is 18.3 Å². The van der Waals surface area contributed by atoms with E-state index in [0.29, 0.717) is 11.6 Å². The van der Waals surface area contributed by atoms with Crippen molar-refractivity contribution >= 4 is 56.6 Å². The fraction of sp³-hybridized carbons (Fsp3) is 0.360. The first-order valence-corrected chi connectivity index (χ1v) is 16.0. The van der Waals surface area contributed by atoms with Crippen LogP contribution in [0.15, 0.2) is 52.4 Å². The average molecular weight is 694 g/mol. The van der Waals surface area contributed by atoms with Crippen LogP contribution < -0.4 is 26.8 Å². The maximum absolute atomic E-state index is 13.2. The number of nitrogen functional groups attached to an aromatic ring is 1. The van der Waals surface area contributed by atoms with E-state index in [0.717, 1.165) is 36.4 Å². The van der Waals surface area contributed by atoms with Crippen molar-refractivity contribution in [1.82, 2.24) is 34.7 Å². The standard InChI is InChI=1S/C24H29N11O7S2.CH2O2/c25-21(30-15-5-6-27-9-15)14-1-3-16(4-2-14)41-7-8-42-33-19(17-11-43-24(26)31-17)22(36)32-20-18(10-34-13-28-12-29-34)35(23(20)37)44(38,39)40;2-1-3/h1-4,11-13,15,18,20,27H,5-10H2,(H2,25,30)(H2,26,31)(H,32,36)(H,38,39,40);1H,(H,2,3)/b33-19-;. The molecule has 1 aromatic carbocycles. The lowest BCUT2D eigenvalue weighted by molar-refractivity contribution is -0.145. The molecule has 3 unspecified atom stereocenters. The minimum atomic E-state index is -4.90. The Kier molecular flexibility index (Phi) is 11.7. The molecular weight excluding hydrogens is 662 g/mol. The molecule has 2 saturated heterocycles. The fourth-order valence-corrected chi connectivity index (χ4v) is 5.94. The van der Waals surface area contributed by atoms with Crippen LogP contribution in [0.1, 0.15) is 17.7 Å². The predicted octanol–water partition coefficient (Wildman–Crippen LogP) is -1.92.